The molecule has 1 N–H and O–H groups in total. The van der Waals surface area contributed by atoms with Gasteiger partial charge in [-0.3, -0.25) is 4.79 Å². The molecule has 140 valence electrons. The lowest BCUT2D eigenvalue weighted by Gasteiger charge is -2.08. The predicted molar refractivity (Wildman–Crippen MR) is 115 cm³/mol. The van der Waals surface area contributed by atoms with Crippen LogP contribution in [0.3, 0.4) is 0 Å². The number of fused-ring (bicyclic) bond motifs is 1. The third-order valence-electron chi connectivity index (χ3n) is 4.66. The number of nitrogens with zero attached hydrogens (tertiary/aromatic N) is 3. The molecule has 0 fully saturated rings. The van der Waals surface area contributed by atoms with Crippen molar-refractivity contribution in [2.24, 2.45) is 0 Å². The van der Waals surface area contributed by atoms with E-state index in [1.807, 2.05) is 43.3 Å². The molecule has 0 atom stereocenters. The summed E-state index contributed by atoms with van der Waals surface area (Å²) >= 11 is 3.38. The molecule has 0 unspecified atom stereocenters. The first-order valence-corrected chi connectivity index (χ1v) is 9.87. The molecule has 4 rings (SSSR count). The average molecular weight is 435 g/mol. The fraction of sp³-hybridized carbons (Fsp3) is 0.136. The molecule has 4 aromatic rings. The molecule has 0 aliphatic heterocycles. The summed E-state index contributed by atoms with van der Waals surface area (Å²) in [5, 5.41) is 12.1. The number of halogens is 1. The monoisotopic (exact) mass is 434 g/mol. The van der Waals surface area contributed by atoms with Crippen LogP contribution in [-0.4, -0.2) is 20.9 Å². The van der Waals surface area contributed by atoms with Crippen molar-refractivity contribution >= 4 is 38.6 Å². The molecule has 0 saturated heterocycles. The molecule has 0 aliphatic rings. The summed E-state index contributed by atoms with van der Waals surface area (Å²) in [5.41, 5.74) is 5.97. The van der Waals surface area contributed by atoms with Crippen LogP contribution in [0.1, 0.15) is 28.4 Å². The Kier molecular flexibility index (Phi) is 4.96. The minimum absolute atomic E-state index is 0.155. The number of carbonyl (C=O) groups excluding carboxylic acids is 1. The van der Waals surface area contributed by atoms with Crippen molar-refractivity contribution in [3.05, 3.63) is 81.8 Å². The van der Waals surface area contributed by atoms with E-state index in [4.69, 9.17) is 0 Å². The fourth-order valence-electron chi connectivity index (χ4n) is 2.98. The van der Waals surface area contributed by atoms with Gasteiger partial charge in [0.2, 0.25) is 0 Å². The van der Waals surface area contributed by atoms with Crippen molar-refractivity contribution in [1.29, 1.82) is 0 Å². The number of amides is 1. The van der Waals surface area contributed by atoms with Crippen molar-refractivity contribution < 1.29 is 4.79 Å². The van der Waals surface area contributed by atoms with E-state index in [9.17, 15) is 4.79 Å². The van der Waals surface area contributed by atoms with Gasteiger partial charge in [-0.2, -0.15) is 4.80 Å². The molecule has 0 saturated carbocycles. The van der Waals surface area contributed by atoms with Crippen LogP contribution in [0.2, 0.25) is 0 Å². The van der Waals surface area contributed by atoms with Gasteiger partial charge in [0.15, 0.2) is 0 Å². The molecule has 0 radical (unpaired) electrons. The first kappa shape index (κ1) is 18.4. The minimum atomic E-state index is -0.155. The lowest BCUT2D eigenvalue weighted by Crippen LogP contribution is -2.12. The summed E-state index contributed by atoms with van der Waals surface area (Å²) in [6.45, 7) is 4.08. The summed E-state index contributed by atoms with van der Waals surface area (Å²) in [6, 6.07) is 19.3. The second kappa shape index (κ2) is 7.56. The summed E-state index contributed by atoms with van der Waals surface area (Å²) in [6.07, 6.45) is 0.995. The molecule has 1 aromatic heterocycles. The number of hydrogen-bond acceptors (Lipinski definition) is 3. The minimum Gasteiger partial charge on any atom is -0.322 e. The molecular formula is C22H19BrN4O. The van der Waals surface area contributed by atoms with Crippen LogP contribution in [0.4, 0.5) is 5.69 Å². The van der Waals surface area contributed by atoms with Gasteiger partial charge in [0, 0.05) is 15.7 Å². The van der Waals surface area contributed by atoms with Gasteiger partial charge in [0.05, 0.1) is 5.69 Å². The molecule has 28 heavy (non-hydrogen) atoms. The predicted octanol–water partition coefficient (Wildman–Crippen LogP) is 5.31. The van der Waals surface area contributed by atoms with Crippen molar-refractivity contribution in [2.45, 2.75) is 20.3 Å². The summed E-state index contributed by atoms with van der Waals surface area (Å²) in [5.74, 6) is -0.155. The highest BCUT2D eigenvalue weighted by Crippen LogP contribution is 2.23. The molecule has 1 amide bonds. The quantitative estimate of drug-likeness (QED) is 0.473. The van der Waals surface area contributed by atoms with Crippen molar-refractivity contribution in [3.63, 3.8) is 0 Å². The van der Waals surface area contributed by atoms with E-state index in [0.717, 1.165) is 38.9 Å². The Morgan fingerprint density at radius 2 is 1.64 bits per heavy atom. The summed E-state index contributed by atoms with van der Waals surface area (Å²) < 4.78 is 0.935. The average Bonchev–Trinajstić information content (AvgIpc) is 3.11. The van der Waals surface area contributed by atoms with Crippen molar-refractivity contribution in [1.82, 2.24) is 15.0 Å². The Labute approximate surface area is 171 Å². The molecule has 0 aliphatic carbocycles. The zero-order valence-corrected chi connectivity index (χ0v) is 17.2. The smallest absolute Gasteiger partial charge is 0.255 e. The number of anilines is 1. The number of rotatable bonds is 4. The van der Waals surface area contributed by atoms with Crippen LogP contribution in [0.15, 0.2) is 65.1 Å². The summed E-state index contributed by atoms with van der Waals surface area (Å²) in [4.78, 5) is 14.2. The number of nitrogens with one attached hydrogen (secondary N) is 1. The number of hydrogen-bond donors (Lipinski definition) is 1. The molecular weight excluding hydrogens is 416 g/mol. The SMILES string of the molecule is CCc1ccc(-n2nc3cc(C)c(NC(=O)c4ccc(Br)cc4)cc3n2)cc1. The topological polar surface area (TPSA) is 59.8 Å². The third-order valence-corrected chi connectivity index (χ3v) is 5.19. The number of carbonyl (C=O) groups is 1. The maximum absolute atomic E-state index is 12.5. The zero-order chi connectivity index (χ0) is 19.7. The largest absolute Gasteiger partial charge is 0.322 e. The molecule has 0 bridgehead atoms. The second-order valence-electron chi connectivity index (χ2n) is 6.63. The maximum atomic E-state index is 12.5. The molecule has 6 heteroatoms. The first-order chi connectivity index (χ1) is 13.5. The third kappa shape index (κ3) is 3.68. The molecule has 1 heterocycles. The van der Waals surface area contributed by atoms with Crippen molar-refractivity contribution in [2.75, 3.05) is 5.32 Å². The van der Waals surface area contributed by atoms with E-state index in [1.54, 1.807) is 16.9 Å². The second-order valence-corrected chi connectivity index (χ2v) is 7.54. The highest BCUT2D eigenvalue weighted by molar-refractivity contribution is 9.10. The fourth-order valence-corrected chi connectivity index (χ4v) is 3.24. The Morgan fingerprint density at radius 3 is 2.29 bits per heavy atom. The van der Waals surface area contributed by atoms with Crippen LogP contribution in [0, 0.1) is 6.92 Å². The van der Waals surface area contributed by atoms with Gasteiger partial charge in [0.25, 0.3) is 5.91 Å². The molecule has 5 nitrogen and oxygen atoms in total. The van der Waals surface area contributed by atoms with Crippen LogP contribution in [0.5, 0.6) is 0 Å². The van der Waals surface area contributed by atoms with Gasteiger partial charge >= 0.3 is 0 Å². The van der Waals surface area contributed by atoms with Gasteiger partial charge in [0.1, 0.15) is 11.0 Å². The van der Waals surface area contributed by atoms with E-state index in [-0.39, 0.29) is 5.91 Å². The van der Waals surface area contributed by atoms with Crippen LogP contribution in [-0.2, 0) is 6.42 Å². The lowest BCUT2D eigenvalue weighted by atomic mass is 10.1. The number of aryl methyl sites for hydroxylation is 2. The number of benzene rings is 3. The summed E-state index contributed by atoms with van der Waals surface area (Å²) in [7, 11) is 0. The van der Waals surface area contributed by atoms with Crippen LogP contribution < -0.4 is 5.32 Å². The van der Waals surface area contributed by atoms with E-state index in [1.165, 1.54) is 5.56 Å². The van der Waals surface area contributed by atoms with E-state index in [0.29, 0.717) is 5.56 Å². The van der Waals surface area contributed by atoms with Gasteiger partial charge in [-0.1, -0.05) is 35.0 Å². The van der Waals surface area contributed by atoms with E-state index >= 15 is 0 Å². The van der Waals surface area contributed by atoms with Gasteiger partial charge < -0.3 is 5.32 Å². The highest BCUT2D eigenvalue weighted by Gasteiger charge is 2.12. The first-order valence-electron chi connectivity index (χ1n) is 9.07. The Morgan fingerprint density at radius 1 is 1.00 bits per heavy atom. The number of aromatic nitrogens is 3. The normalized spacial score (nSPS) is 11.0. The highest BCUT2D eigenvalue weighted by atomic mass is 79.9. The Bertz CT molecular complexity index is 1150. The standard InChI is InChI=1S/C22H19BrN4O/c1-3-15-4-10-18(11-5-15)27-25-20-12-14(2)19(13-21(20)26-27)24-22(28)16-6-8-17(23)9-7-16/h4-13H,3H2,1-2H3,(H,24,28). The molecule has 3 aromatic carbocycles. The van der Waals surface area contributed by atoms with Gasteiger partial charge in [-0.25, -0.2) is 0 Å². The zero-order valence-electron chi connectivity index (χ0n) is 15.6. The van der Waals surface area contributed by atoms with Crippen LogP contribution >= 0.6 is 15.9 Å². The maximum Gasteiger partial charge on any atom is 0.255 e. The van der Waals surface area contributed by atoms with Gasteiger partial charge in [-0.15, -0.1) is 10.2 Å². The van der Waals surface area contributed by atoms with E-state index in [2.05, 4.69) is 50.5 Å². The van der Waals surface area contributed by atoms with Crippen molar-refractivity contribution in [3.8, 4) is 5.69 Å². The molecule has 0 spiro atoms. The van der Waals surface area contributed by atoms with Gasteiger partial charge in [-0.05, 0) is 73.0 Å². The lowest BCUT2D eigenvalue weighted by molar-refractivity contribution is 0.102. The Balaban J connectivity index is 1.63. The Hall–Kier alpha value is -2.99. The van der Waals surface area contributed by atoms with Crippen LogP contribution in [0.25, 0.3) is 16.7 Å². The van der Waals surface area contributed by atoms with E-state index < -0.39 is 0 Å².